The first-order valence-corrected chi connectivity index (χ1v) is 13.8. The van der Waals surface area contributed by atoms with Gasteiger partial charge in [-0.1, -0.05) is 61.5 Å². The molecule has 2 unspecified atom stereocenters. The van der Waals surface area contributed by atoms with Gasteiger partial charge >= 0.3 is 24.2 Å². The maximum atomic E-state index is 12.5. The second-order valence-corrected chi connectivity index (χ2v) is 13.0. The molecule has 0 saturated heterocycles. The Kier molecular flexibility index (Phi) is 13.6. The average molecular weight is 582 g/mol. The molecule has 3 N–H and O–H groups in total. The predicted molar refractivity (Wildman–Crippen MR) is 152 cm³/mol. The summed E-state index contributed by atoms with van der Waals surface area (Å²) in [7, 11) is 0. The van der Waals surface area contributed by atoms with Crippen molar-refractivity contribution in [2.24, 2.45) is 22.5 Å². The van der Waals surface area contributed by atoms with Crippen LogP contribution in [0.3, 0.4) is 0 Å². The summed E-state index contributed by atoms with van der Waals surface area (Å²) in [4.78, 5) is 49.0. The molecule has 11 heteroatoms. The lowest BCUT2D eigenvalue weighted by atomic mass is 9.87. The number of carbonyl (C=O) groups is 4. The highest BCUT2D eigenvalue weighted by Gasteiger charge is 2.30. The number of carboxylic acids is 1. The zero-order valence-corrected chi connectivity index (χ0v) is 25.8. The third-order valence-corrected chi connectivity index (χ3v) is 5.59. The average Bonchev–Trinajstić information content (AvgIpc) is 2.83. The molecule has 3 atom stereocenters. The van der Waals surface area contributed by atoms with Gasteiger partial charge in [-0.2, -0.15) is 0 Å². The van der Waals surface area contributed by atoms with Gasteiger partial charge in [0.2, 0.25) is 0 Å². The molecule has 1 rings (SSSR count). The zero-order valence-electron chi connectivity index (χ0n) is 25.8. The molecule has 0 aromatic heterocycles. The summed E-state index contributed by atoms with van der Waals surface area (Å²) in [5, 5.41) is 9.69. The first-order chi connectivity index (χ1) is 18.8. The number of rotatable bonds is 13. The van der Waals surface area contributed by atoms with Crippen LogP contribution in [-0.2, 0) is 23.8 Å². The summed E-state index contributed by atoms with van der Waals surface area (Å²) in [6.45, 7) is 17.0. The van der Waals surface area contributed by atoms with Gasteiger partial charge in [-0.3, -0.25) is 9.59 Å². The van der Waals surface area contributed by atoms with Gasteiger partial charge in [0.15, 0.2) is 11.5 Å². The smallest absolute Gasteiger partial charge is 0.480 e. The van der Waals surface area contributed by atoms with Gasteiger partial charge in [0.05, 0.1) is 19.3 Å². The van der Waals surface area contributed by atoms with Gasteiger partial charge < -0.3 is 34.5 Å². The number of carbonyl (C=O) groups excluding carboxylic acids is 3. The molecule has 1 aromatic carbocycles. The molecule has 0 aliphatic heterocycles. The second-order valence-electron chi connectivity index (χ2n) is 13.0. The van der Waals surface area contributed by atoms with Crippen molar-refractivity contribution in [3.05, 3.63) is 23.8 Å². The van der Waals surface area contributed by atoms with E-state index in [-0.39, 0.29) is 48.4 Å². The third kappa shape index (κ3) is 14.7. The molecule has 0 bridgehead atoms. The lowest BCUT2D eigenvalue weighted by Gasteiger charge is -2.25. The van der Waals surface area contributed by atoms with E-state index in [1.165, 1.54) is 18.2 Å². The van der Waals surface area contributed by atoms with Crippen molar-refractivity contribution in [3.63, 3.8) is 0 Å². The molecule has 0 amide bonds. The first kappa shape index (κ1) is 35.7. The van der Waals surface area contributed by atoms with Crippen LogP contribution < -0.4 is 15.2 Å². The van der Waals surface area contributed by atoms with Gasteiger partial charge in [-0.05, 0) is 54.2 Å². The normalized spacial score (nSPS) is 14.0. The fourth-order valence-electron chi connectivity index (χ4n) is 3.47. The first-order valence-electron chi connectivity index (χ1n) is 13.8. The van der Waals surface area contributed by atoms with Crippen LogP contribution in [-0.4, -0.2) is 54.7 Å². The number of benzene rings is 1. The van der Waals surface area contributed by atoms with E-state index in [1.807, 2.05) is 55.4 Å². The van der Waals surface area contributed by atoms with Crippen molar-refractivity contribution in [2.75, 3.05) is 13.2 Å². The van der Waals surface area contributed by atoms with Gasteiger partial charge in [0.1, 0.15) is 6.04 Å². The Morgan fingerprint density at radius 3 is 1.83 bits per heavy atom. The SMILES string of the molecule is CC(C)CCC(=O)OC(C)CC(c1ccc(OC(=O)OCC(C)(C)C)c(OC(=O)OCC(C)(C)C)c1)[C@H](N)C(=O)O. The van der Waals surface area contributed by atoms with Crippen molar-refractivity contribution in [3.8, 4) is 11.5 Å². The molecule has 0 aliphatic rings. The Bertz CT molecular complexity index is 1040. The molecule has 0 saturated carbocycles. The Hall–Kier alpha value is -3.34. The molecule has 41 heavy (non-hydrogen) atoms. The van der Waals surface area contributed by atoms with Gasteiger partial charge in [-0.25, -0.2) is 9.59 Å². The summed E-state index contributed by atoms with van der Waals surface area (Å²) >= 11 is 0. The van der Waals surface area contributed by atoms with Crippen LogP contribution in [0.2, 0.25) is 0 Å². The largest absolute Gasteiger partial charge is 0.513 e. The number of esters is 1. The molecule has 0 heterocycles. The third-order valence-electron chi connectivity index (χ3n) is 5.59. The van der Waals surface area contributed by atoms with Crippen LogP contribution in [0.25, 0.3) is 0 Å². The minimum Gasteiger partial charge on any atom is -0.480 e. The molecule has 1 aromatic rings. The maximum Gasteiger partial charge on any atom is 0.513 e. The molecule has 0 aliphatic carbocycles. The molecule has 0 spiro atoms. The summed E-state index contributed by atoms with van der Waals surface area (Å²) in [5.74, 6) is -2.53. The molecule has 11 nitrogen and oxygen atoms in total. The van der Waals surface area contributed by atoms with E-state index in [9.17, 15) is 24.3 Å². The van der Waals surface area contributed by atoms with Crippen molar-refractivity contribution in [2.45, 2.75) is 99.6 Å². The van der Waals surface area contributed by atoms with Crippen LogP contribution in [0.1, 0.15) is 93.1 Å². The van der Waals surface area contributed by atoms with Gasteiger partial charge in [-0.15, -0.1) is 0 Å². The summed E-state index contributed by atoms with van der Waals surface area (Å²) < 4.78 is 26.5. The number of nitrogens with two attached hydrogens (primary N) is 1. The Morgan fingerprint density at radius 1 is 0.854 bits per heavy atom. The summed E-state index contributed by atoms with van der Waals surface area (Å²) in [6.07, 6.45) is -1.74. The van der Waals surface area contributed by atoms with Crippen LogP contribution in [0.5, 0.6) is 11.5 Å². The highest BCUT2D eigenvalue weighted by Crippen LogP contribution is 2.35. The Balaban J connectivity index is 3.30. The van der Waals surface area contributed by atoms with Crippen LogP contribution >= 0.6 is 0 Å². The van der Waals surface area contributed by atoms with Gasteiger partial charge in [0, 0.05) is 12.3 Å². The van der Waals surface area contributed by atoms with Crippen LogP contribution in [0.4, 0.5) is 9.59 Å². The highest BCUT2D eigenvalue weighted by atomic mass is 16.7. The van der Waals surface area contributed by atoms with E-state index < -0.39 is 42.3 Å². The zero-order chi connectivity index (χ0) is 31.5. The van der Waals surface area contributed by atoms with E-state index in [2.05, 4.69) is 0 Å². The lowest BCUT2D eigenvalue weighted by Crippen LogP contribution is -2.38. The van der Waals surface area contributed by atoms with Crippen LogP contribution in [0.15, 0.2) is 18.2 Å². The number of hydrogen-bond donors (Lipinski definition) is 2. The van der Waals surface area contributed by atoms with E-state index >= 15 is 0 Å². The van der Waals surface area contributed by atoms with Gasteiger partial charge in [0.25, 0.3) is 0 Å². The summed E-state index contributed by atoms with van der Waals surface area (Å²) in [6, 6.07) is 2.82. The minimum absolute atomic E-state index is 0.0571. The minimum atomic E-state index is -1.38. The number of ether oxygens (including phenoxy) is 5. The molecule has 0 radical (unpaired) electrons. The predicted octanol–water partition coefficient (Wildman–Crippen LogP) is 6.06. The van der Waals surface area contributed by atoms with E-state index in [0.29, 0.717) is 17.9 Å². The Morgan fingerprint density at radius 2 is 1.37 bits per heavy atom. The quantitative estimate of drug-likeness (QED) is 0.158. The van der Waals surface area contributed by atoms with E-state index in [1.54, 1.807) is 6.92 Å². The fraction of sp³-hybridized carbons (Fsp3) is 0.667. The highest BCUT2D eigenvalue weighted by molar-refractivity contribution is 5.75. The van der Waals surface area contributed by atoms with Crippen LogP contribution in [0, 0.1) is 16.7 Å². The molecule has 232 valence electrons. The molecule has 0 fully saturated rings. The Labute approximate surface area is 243 Å². The summed E-state index contributed by atoms with van der Waals surface area (Å²) in [5.41, 5.74) is 5.75. The van der Waals surface area contributed by atoms with E-state index in [4.69, 9.17) is 29.4 Å². The second kappa shape index (κ2) is 15.6. The standard InChI is InChI=1S/C30H47NO10/c1-18(2)10-13-24(32)39-19(3)14-21(25(31)26(33)34)20-11-12-22(40-27(35)37-16-29(4,5)6)23(15-20)41-28(36)38-17-30(7,8)9/h11-12,15,18-19,21,25H,10,13-14,16-17,31H2,1-9H3,(H,33,34)/t19?,21?,25-/m0/s1. The molecular formula is C30H47NO10. The fourth-order valence-corrected chi connectivity index (χ4v) is 3.47. The number of aliphatic carboxylic acids is 1. The number of hydrogen-bond acceptors (Lipinski definition) is 10. The van der Waals surface area contributed by atoms with E-state index in [0.717, 1.165) is 0 Å². The lowest BCUT2D eigenvalue weighted by molar-refractivity contribution is -0.149. The maximum absolute atomic E-state index is 12.5. The van der Waals surface area contributed by atoms with Crippen molar-refractivity contribution in [1.82, 2.24) is 0 Å². The van der Waals surface area contributed by atoms with Crippen molar-refractivity contribution >= 4 is 24.2 Å². The van der Waals surface area contributed by atoms with Crippen molar-refractivity contribution in [1.29, 1.82) is 0 Å². The molecular weight excluding hydrogens is 534 g/mol. The van der Waals surface area contributed by atoms with Crippen molar-refractivity contribution < 1.29 is 48.0 Å². The topological polar surface area (TPSA) is 161 Å². The number of carboxylic acid groups (broad SMARTS) is 1. The monoisotopic (exact) mass is 581 g/mol.